The van der Waals surface area contributed by atoms with Crippen molar-refractivity contribution >= 4 is 10.4 Å². The van der Waals surface area contributed by atoms with Gasteiger partial charge in [0.15, 0.2) is 0 Å². The summed E-state index contributed by atoms with van der Waals surface area (Å²) in [4.78, 5) is 0. The Morgan fingerprint density at radius 2 is 1.05 bits per heavy atom. The van der Waals surface area contributed by atoms with E-state index < -0.39 is 48.3 Å². The largest absolute Gasteiger partial charge is 0.400 e. The molecule has 0 saturated heterocycles. The third-order valence-electron chi connectivity index (χ3n) is 1.43. The summed E-state index contributed by atoms with van der Waals surface area (Å²) in [5.74, 6) is -9.75. The highest BCUT2D eigenvalue weighted by Gasteiger charge is 2.45. The zero-order valence-corrected chi connectivity index (χ0v) is 9.45. The van der Waals surface area contributed by atoms with Gasteiger partial charge in [0.2, 0.25) is 0 Å². The fourth-order valence-electron chi connectivity index (χ4n) is 0.461. The molecule has 0 N–H and O–H groups in total. The van der Waals surface area contributed by atoms with E-state index in [0.29, 0.717) is 0 Å². The fraction of sp³-hybridized carbons (Fsp3) is 1.00. The molecule has 0 aliphatic heterocycles. The van der Waals surface area contributed by atoms with E-state index >= 15 is 0 Å². The fourth-order valence-corrected chi connectivity index (χ4v) is 1.13. The first-order valence-corrected chi connectivity index (χ1v) is 5.49. The number of hydrogen-bond acceptors (Lipinski definition) is 4. The van der Waals surface area contributed by atoms with Crippen LogP contribution >= 0.6 is 0 Å². The Morgan fingerprint density at radius 3 is 1.26 bits per heavy atom. The van der Waals surface area contributed by atoms with Gasteiger partial charge in [0.05, 0.1) is 0 Å². The Bertz CT molecular complexity index is 351. The highest BCUT2D eigenvalue weighted by atomic mass is 32.3. The van der Waals surface area contributed by atoms with Crippen molar-refractivity contribution in [3.63, 3.8) is 0 Å². The molecule has 0 saturated carbocycles. The van der Waals surface area contributed by atoms with E-state index in [4.69, 9.17) is 0 Å². The Morgan fingerprint density at radius 1 is 0.789 bits per heavy atom. The molecule has 0 aromatic carbocycles. The molecule has 0 radical (unpaired) electrons. The van der Waals surface area contributed by atoms with Crippen LogP contribution in [0.15, 0.2) is 0 Å². The molecule has 0 aliphatic rings. The van der Waals surface area contributed by atoms with E-state index in [2.05, 4.69) is 8.37 Å². The van der Waals surface area contributed by atoms with Crippen LogP contribution in [0.5, 0.6) is 0 Å². The van der Waals surface area contributed by atoms with Gasteiger partial charge in [0.1, 0.15) is 13.2 Å². The van der Waals surface area contributed by atoms with Crippen molar-refractivity contribution in [3.8, 4) is 0 Å². The quantitative estimate of drug-likeness (QED) is 0.641. The molecular weight excluding hydrogens is 320 g/mol. The van der Waals surface area contributed by atoms with Gasteiger partial charge in [-0.15, -0.1) is 0 Å². The molecule has 0 fully saturated rings. The number of halogens is 8. The Kier molecular flexibility index (Phi) is 5.95. The van der Waals surface area contributed by atoms with Crippen LogP contribution in [-0.2, 0) is 18.8 Å². The zero-order valence-electron chi connectivity index (χ0n) is 8.63. The Balaban J connectivity index is 4.44. The van der Waals surface area contributed by atoms with E-state index in [1.165, 1.54) is 0 Å². The van der Waals surface area contributed by atoms with E-state index in [-0.39, 0.29) is 0 Å². The Labute approximate surface area is 101 Å². The third-order valence-corrected chi connectivity index (χ3v) is 2.24. The standard InChI is InChI=1S/C6H6F8O4S/c7-3(8)5(11,12)1-17-19(15,16)18-2-6(13,14)4(9)10/h3-4H,1-2H2. The third kappa shape index (κ3) is 6.33. The summed E-state index contributed by atoms with van der Waals surface area (Å²) in [6.07, 6.45) is -8.55. The van der Waals surface area contributed by atoms with Crippen molar-refractivity contribution in [2.24, 2.45) is 0 Å². The van der Waals surface area contributed by atoms with Crippen molar-refractivity contribution in [2.75, 3.05) is 13.2 Å². The first-order chi connectivity index (χ1) is 8.30. The molecule has 0 unspecified atom stereocenters. The number of alkyl halides is 8. The second kappa shape index (κ2) is 6.17. The van der Waals surface area contributed by atoms with Gasteiger partial charge in [-0.25, -0.2) is 25.9 Å². The van der Waals surface area contributed by atoms with Crippen LogP contribution < -0.4 is 0 Å². The lowest BCUT2D eigenvalue weighted by Gasteiger charge is -2.17. The molecule has 0 aromatic heterocycles. The lowest BCUT2D eigenvalue weighted by atomic mass is 10.4. The van der Waals surface area contributed by atoms with Gasteiger partial charge in [-0.2, -0.15) is 26.0 Å². The first kappa shape index (κ1) is 18.3. The first-order valence-electron chi connectivity index (χ1n) is 4.16. The summed E-state index contributed by atoms with van der Waals surface area (Å²) in [6.45, 7) is -4.76. The zero-order chi connectivity index (χ0) is 15.5. The molecule has 0 bridgehead atoms. The molecule has 116 valence electrons. The van der Waals surface area contributed by atoms with Crippen LogP contribution in [0.4, 0.5) is 35.1 Å². The van der Waals surface area contributed by atoms with Gasteiger partial charge in [0, 0.05) is 0 Å². The van der Waals surface area contributed by atoms with Crippen LogP contribution in [0.1, 0.15) is 0 Å². The average Bonchev–Trinajstić information content (AvgIpc) is 2.24. The maximum atomic E-state index is 12.2. The average molecular weight is 326 g/mol. The molecule has 0 rings (SSSR count). The maximum absolute atomic E-state index is 12.2. The minimum atomic E-state index is -5.54. The van der Waals surface area contributed by atoms with Crippen molar-refractivity contribution in [1.29, 1.82) is 0 Å². The van der Waals surface area contributed by atoms with Crippen LogP contribution in [-0.4, -0.2) is 46.3 Å². The van der Waals surface area contributed by atoms with Crippen molar-refractivity contribution in [2.45, 2.75) is 24.7 Å². The smallest absolute Gasteiger partial charge is 0.242 e. The van der Waals surface area contributed by atoms with Gasteiger partial charge in [-0.3, -0.25) is 0 Å². The second-order valence-corrected chi connectivity index (χ2v) is 4.34. The topological polar surface area (TPSA) is 52.6 Å². The van der Waals surface area contributed by atoms with Gasteiger partial charge in [-0.05, 0) is 0 Å². The highest BCUT2D eigenvalue weighted by Crippen LogP contribution is 2.26. The lowest BCUT2D eigenvalue weighted by molar-refractivity contribution is -0.157. The van der Waals surface area contributed by atoms with Crippen LogP contribution in [0.3, 0.4) is 0 Å². The minimum Gasteiger partial charge on any atom is -0.242 e. The monoisotopic (exact) mass is 326 g/mol. The summed E-state index contributed by atoms with van der Waals surface area (Å²) in [5.41, 5.74) is 0. The van der Waals surface area contributed by atoms with Gasteiger partial charge < -0.3 is 0 Å². The molecule has 13 heteroatoms. The summed E-state index contributed by atoms with van der Waals surface area (Å²) in [7, 11) is -5.54. The molecule has 0 amide bonds. The van der Waals surface area contributed by atoms with E-state index in [0.717, 1.165) is 0 Å². The number of rotatable bonds is 8. The molecule has 0 aliphatic carbocycles. The molecule has 0 spiro atoms. The molecule has 4 nitrogen and oxygen atoms in total. The molecular formula is C6H6F8O4S. The summed E-state index contributed by atoms with van der Waals surface area (Å²) in [6, 6.07) is 0. The normalized spacial score (nSPS) is 14.4. The predicted molar refractivity (Wildman–Crippen MR) is 42.7 cm³/mol. The van der Waals surface area contributed by atoms with Crippen molar-refractivity contribution in [1.82, 2.24) is 0 Å². The highest BCUT2D eigenvalue weighted by molar-refractivity contribution is 7.81. The maximum Gasteiger partial charge on any atom is 0.400 e. The van der Waals surface area contributed by atoms with Crippen LogP contribution in [0, 0.1) is 0 Å². The van der Waals surface area contributed by atoms with Crippen LogP contribution in [0.25, 0.3) is 0 Å². The molecule has 0 aromatic rings. The SMILES string of the molecule is O=S(=O)(OCC(F)(F)C(F)F)OCC(F)(F)C(F)F. The van der Waals surface area contributed by atoms with Crippen molar-refractivity contribution in [3.05, 3.63) is 0 Å². The van der Waals surface area contributed by atoms with Gasteiger partial charge >= 0.3 is 35.1 Å². The minimum absolute atomic E-state index is 2.38. The Hall–Kier alpha value is -0.690. The lowest BCUT2D eigenvalue weighted by Crippen LogP contribution is -2.36. The van der Waals surface area contributed by atoms with Gasteiger partial charge in [0.25, 0.3) is 0 Å². The molecule has 0 atom stereocenters. The van der Waals surface area contributed by atoms with Crippen molar-refractivity contribution < 1.29 is 51.9 Å². The predicted octanol–water partition coefficient (Wildman–Crippen LogP) is 2.07. The van der Waals surface area contributed by atoms with E-state index in [1.807, 2.05) is 0 Å². The molecule has 0 heterocycles. The summed E-state index contributed by atoms with van der Waals surface area (Å²) >= 11 is 0. The number of hydrogen-bond donors (Lipinski definition) is 0. The summed E-state index contributed by atoms with van der Waals surface area (Å²) in [5, 5.41) is 0. The van der Waals surface area contributed by atoms with Crippen LogP contribution in [0.2, 0.25) is 0 Å². The molecule has 19 heavy (non-hydrogen) atoms. The summed E-state index contributed by atoms with van der Waals surface area (Å²) < 4.78 is 123. The van der Waals surface area contributed by atoms with E-state index in [9.17, 15) is 43.5 Å². The van der Waals surface area contributed by atoms with E-state index in [1.54, 1.807) is 0 Å². The van der Waals surface area contributed by atoms with Gasteiger partial charge in [-0.1, -0.05) is 0 Å². The second-order valence-electron chi connectivity index (χ2n) is 3.06.